The molecule has 0 spiro atoms. The van der Waals surface area contributed by atoms with Gasteiger partial charge in [-0.05, 0) is 18.9 Å². The second-order valence-electron chi connectivity index (χ2n) is 3.93. The molecule has 2 rings (SSSR count). The molecule has 0 saturated heterocycles. The monoisotopic (exact) mass is 217 g/mol. The topological polar surface area (TPSA) is 42.2 Å². The summed E-state index contributed by atoms with van der Waals surface area (Å²) in [6.45, 7) is 0.704. The Morgan fingerprint density at radius 3 is 3.19 bits per heavy atom. The quantitative estimate of drug-likeness (QED) is 0.765. The Morgan fingerprint density at radius 2 is 2.44 bits per heavy atom. The lowest BCUT2D eigenvalue weighted by Crippen LogP contribution is -1.99. The van der Waals surface area contributed by atoms with Crippen LogP contribution in [-0.4, -0.2) is 13.7 Å². The van der Waals surface area contributed by atoms with Gasteiger partial charge in [0.25, 0.3) is 0 Å². The molecule has 84 valence electrons. The van der Waals surface area contributed by atoms with Crippen molar-refractivity contribution < 1.29 is 9.47 Å². The first-order valence-corrected chi connectivity index (χ1v) is 5.53. The minimum Gasteiger partial charge on any atom is -0.493 e. The van der Waals surface area contributed by atoms with E-state index in [0.717, 1.165) is 29.9 Å². The number of rotatable bonds is 2. The van der Waals surface area contributed by atoms with Gasteiger partial charge in [0.1, 0.15) is 0 Å². The lowest BCUT2D eigenvalue weighted by atomic mass is 9.91. The van der Waals surface area contributed by atoms with E-state index in [9.17, 15) is 0 Å². The van der Waals surface area contributed by atoms with Crippen LogP contribution in [0.3, 0.4) is 0 Å². The molecule has 1 aliphatic rings. The molecule has 0 bridgehead atoms. The highest BCUT2D eigenvalue weighted by atomic mass is 16.5. The molecule has 1 heterocycles. The average molecular weight is 217 g/mol. The molecule has 0 aromatic heterocycles. The first kappa shape index (κ1) is 10.8. The fraction of sp³-hybridized carbons (Fsp3) is 0.462. The maximum absolute atomic E-state index is 8.84. The number of ether oxygens (including phenoxy) is 2. The van der Waals surface area contributed by atoms with Gasteiger partial charge in [0.15, 0.2) is 11.5 Å². The van der Waals surface area contributed by atoms with Gasteiger partial charge in [-0.15, -0.1) is 0 Å². The Balaban J connectivity index is 2.42. The predicted molar refractivity (Wildman–Crippen MR) is 60.7 cm³/mol. The molecule has 16 heavy (non-hydrogen) atoms. The van der Waals surface area contributed by atoms with Crippen LogP contribution in [-0.2, 0) is 0 Å². The zero-order chi connectivity index (χ0) is 11.4. The molecule has 1 aromatic rings. The van der Waals surface area contributed by atoms with E-state index in [-0.39, 0.29) is 5.92 Å². The largest absolute Gasteiger partial charge is 0.493 e. The van der Waals surface area contributed by atoms with Crippen molar-refractivity contribution in [3.8, 4) is 17.6 Å². The predicted octanol–water partition coefficient (Wildman–Crippen LogP) is 2.87. The van der Waals surface area contributed by atoms with Gasteiger partial charge in [-0.1, -0.05) is 12.1 Å². The molecular formula is C13H15NO2. The number of benzene rings is 1. The van der Waals surface area contributed by atoms with E-state index in [4.69, 9.17) is 14.7 Å². The molecule has 0 saturated carbocycles. The van der Waals surface area contributed by atoms with E-state index in [2.05, 4.69) is 6.07 Å². The van der Waals surface area contributed by atoms with Crippen molar-refractivity contribution in [1.29, 1.82) is 5.26 Å². The van der Waals surface area contributed by atoms with Gasteiger partial charge in [0, 0.05) is 17.9 Å². The summed E-state index contributed by atoms with van der Waals surface area (Å²) in [5.74, 6) is 1.86. The second kappa shape index (κ2) is 4.89. The fourth-order valence-electron chi connectivity index (χ4n) is 2.15. The van der Waals surface area contributed by atoms with Gasteiger partial charge in [-0.25, -0.2) is 0 Å². The Labute approximate surface area is 95.6 Å². The number of hydrogen-bond donors (Lipinski definition) is 0. The van der Waals surface area contributed by atoms with Crippen molar-refractivity contribution in [1.82, 2.24) is 0 Å². The summed E-state index contributed by atoms with van der Waals surface area (Å²) in [6, 6.07) is 8.13. The maximum atomic E-state index is 8.84. The van der Waals surface area contributed by atoms with Crippen LogP contribution < -0.4 is 9.47 Å². The zero-order valence-electron chi connectivity index (χ0n) is 9.40. The molecule has 0 N–H and O–H groups in total. The number of hydrogen-bond acceptors (Lipinski definition) is 3. The Morgan fingerprint density at radius 1 is 1.56 bits per heavy atom. The first-order valence-electron chi connectivity index (χ1n) is 5.53. The van der Waals surface area contributed by atoms with Gasteiger partial charge in [0.05, 0.1) is 19.8 Å². The highest BCUT2D eigenvalue weighted by molar-refractivity contribution is 5.48. The van der Waals surface area contributed by atoms with Crippen LogP contribution >= 0.6 is 0 Å². The molecule has 1 aromatic carbocycles. The molecule has 3 heteroatoms. The smallest absolute Gasteiger partial charge is 0.164 e. The molecule has 0 amide bonds. The van der Waals surface area contributed by atoms with Crippen molar-refractivity contribution in [2.75, 3.05) is 13.7 Å². The first-order chi connectivity index (χ1) is 7.86. The van der Waals surface area contributed by atoms with E-state index in [1.165, 1.54) is 0 Å². The minimum atomic E-state index is 0.276. The third kappa shape index (κ3) is 1.96. The standard InChI is InChI=1S/C13H15NO2/c1-15-12-6-2-5-11-10(7-8-14)4-3-9-16-13(11)12/h2,5-6,10H,3-4,7,9H2,1H3. The Kier molecular flexibility index (Phi) is 3.31. The lowest BCUT2D eigenvalue weighted by Gasteiger charge is -2.15. The lowest BCUT2D eigenvalue weighted by molar-refractivity contribution is 0.294. The summed E-state index contributed by atoms with van der Waals surface area (Å²) in [7, 11) is 1.64. The van der Waals surface area contributed by atoms with Crippen LogP contribution in [0.4, 0.5) is 0 Å². The minimum absolute atomic E-state index is 0.276. The summed E-state index contributed by atoms with van der Waals surface area (Å²) >= 11 is 0. The van der Waals surface area contributed by atoms with Gasteiger partial charge < -0.3 is 9.47 Å². The normalized spacial score (nSPS) is 18.9. The highest BCUT2D eigenvalue weighted by Crippen LogP contribution is 2.40. The third-order valence-electron chi connectivity index (χ3n) is 2.95. The number of nitriles is 1. The van der Waals surface area contributed by atoms with Crippen LogP contribution in [0.15, 0.2) is 18.2 Å². The van der Waals surface area contributed by atoms with Gasteiger partial charge >= 0.3 is 0 Å². The van der Waals surface area contributed by atoms with Crippen molar-refractivity contribution in [2.24, 2.45) is 0 Å². The zero-order valence-corrected chi connectivity index (χ0v) is 9.40. The van der Waals surface area contributed by atoms with Gasteiger partial charge in [-0.2, -0.15) is 5.26 Å². The average Bonchev–Trinajstić information content (AvgIpc) is 2.52. The summed E-state index contributed by atoms with van der Waals surface area (Å²) in [5.41, 5.74) is 1.11. The molecular weight excluding hydrogens is 202 g/mol. The van der Waals surface area contributed by atoms with Crippen molar-refractivity contribution in [3.05, 3.63) is 23.8 Å². The molecule has 1 unspecified atom stereocenters. The third-order valence-corrected chi connectivity index (χ3v) is 2.95. The number of nitrogens with zero attached hydrogens (tertiary/aromatic N) is 1. The van der Waals surface area contributed by atoms with Crippen molar-refractivity contribution in [2.45, 2.75) is 25.2 Å². The number of methoxy groups -OCH3 is 1. The molecule has 1 aliphatic heterocycles. The summed E-state index contributed by atoms with van der Waals surface area (Å²) < 4.78 is 11.0. The van der Waals surface area contributed by atoms with E-state index < -0.39 is 0 Å². The van der Waals surface area contributed by atoms with Crippen molar-refractivity contribution >= 4 is 0 Å². The van der Waals surface area contributed by atoms with Crippen LogP contribution in [0.5, 0.6) is 11.5 Å². The Hall–Kier alpha value is -1.69. The molecule has 0 radical (unpaired) electrons. The summed E-state index contributed by atoms with van der Waals surface area (Å²) in [6.07, 6.45) is 2.54. The molecule has 3 nitrogen and oxygen atoms in total. The number of fused-ring (bicyclic) bond motifs is 1. The van der Waals surface area contributed by atoms with Crippen LogP contribution in [0.1, 0.15) is 30.7 Å². The SMILES string of the molecule is COc1cccc2c1OCCCC2CC#N. The van der Waals surface area contributed by atoms with Crippen LogP contribution in [0.2, 0.25) is 0 Å². The summed E-state index contributed by atoms with van der Waals surface area (Å²) in [4.78, 5) is 0. The van der Waals surface area contributed by atoms with E-state index >= 15 is 0 Å². The fourth-order valence-corrected chi connectivity index (χ4v) is 2.15. The maximum Gasteiger partial charge on any atom is 0.164 e. The Bertz CT molecular complexity index is 409. The summed E-state index contributed by atoms with van der Waals surface area (Å²) in [5, 5.41) is 8.84. The van der Waals surface area contributed by atoms with Crippen molar-refractivity contribution in [3.63, 3.8) is 0 Å². The number of para-hydroxylation sites is 1. The van der Waals surface area contributed by atoms with E-state index in [1.54, 1.807) is 7.11 Å². The van der Waals surface area contributed by atoms with E-state index in [1.807, 2.05) is 18.2 Å². The van der Waals surface area contributed by atoms with Gasteiger partial charge in [-0.3, -0.25) is 0 Å². The van der Waals surface area contributed by atoms with Crippen LogP contribution in [0, 0.1) is 11.3 Å². The molecule has 0 fully saturated rings. The van der Waals surface area contributed by atoms with Gasteiger partial charge in [0.2, 0.25) is 0 Å². The molecule has 1 atom stereocenters. The molecule has 0 aliphatic carbocycles. The van der Waals surface area contributed by atoms with Crippen LogP contribution in [0.25, 0.3) is 0 Å². The second-order valence-corrected chi connectivity index (χ2v) is 3.93. The highest BCUT2D eigenvalue weighted by Gasteiger charge is 2.22. The van der Waals surface area contributed by atoms with E-state index in [0.29, 0.717) is 13.0 Å².